The summed E-state index contributed by atoms with van der Waals surface area (Å²) in [6.07, 6.45) is 0. The van der Waals surface area contributed by atoms with Gasteiger partial charge in [0.25, 0.3) is 0 Å². The van der Waals surface area contributed by atoms with E-state index >= 15 is 0 Å². The van der Waals surface area contributed by atoms with Crippen LogP contribution in [0.1, 0.15) is 13.8 Å². The molecule has 0 atom stereocenters. The molecule has 0 radical (unpaired) electrons. The van der Waals surface area contributed by atoms with Gasteiger partial charge < -0.3 is 15.0 Å². The Labute approximate surface area is 122 Å². The van der Waals surface area contributed by atoms with Gasteiger partial charge in [-0.1, -0.05) is 12.1 Å². The Morgan fingerprint density at radius 2 is 1.80 bits per heavy atom. The van der Waals surface area contributed by atoms with Gasteiger partial charge in [0, 0.05) is 38.3 Å². The van der Waals surface area contributed by atoms with Gasteiger partial charge in [0.2, 0.25) is 0 Å². The summed E-state index contributed by atoms with van der Waals surface area (Å²) in [5.41, 5.74) is 1.38. The first-order chi connectivity index (χ1) is 9.55. The number of likely N-dealkylation sites (N-methyl/N-ethyl adjacent to an activating group) is 1. The minimum Gasteiger partial charge on any atom is -0.495 e. The molecule has 1 aromatic carbocycles. The molecule has 1 heterocycles. The molecule has 0 bridgehead atoms. The molecule has 2 rings (SSSR count). The number of rotatable bonds is 5. The van der Waals surface area contributed by atoms with E-state index in [0.717, 1.165) is 38.5 Å². The zero-order chi connectivity index (χ0) is 14.6. The van der Waals surface area contributed by atoms with Crippen LogP contribution in [0, 0.1) is 0 Å². The zero-order valence-electron chi connectivity index (χ0n) is 13.1. The highest BCUT2D eigenvalue weighted by atomic mass is 16.5. The monoisotopic (exact) mass is 277 g/mol. The molecule has 0 unspecified atom stereocenters. The Hall–Kier alpha value is -1.26. The maximum atomic E-state index is 5.46. The summed E-state index contributed by atoms with van der Waals surface area (Å²) < 4.78 is 5.46. The van der Waals surface area contributed by atoms with Gasteiger partial charge in [-0.3, -0.25) is 4.90 Å². The third-order valence-corrected chi connectivity index (χ3v) is 4.09. The molecule has 1 saturated heterocycles. The van der Waals surface area contributed by atoms with Crippen LogP contribution < -0.4 is 15.0 Å². The van der Waals surface area contributed by atoms with Crippen molar-refractivity contribution in [3.8, 4) is 5.75 Å². The molecule has 1 aliphatic heterocycles. The van der Waals surface area contributed by atoms with E-state index in [1.807, 2.05) is 19.2 Å². The lowest BCUT2D eigenvalue weighted by molar-refractivity contribution is 0.197. The van der Waals surface area contributed by atoms with Crippen molar-refractivity contribution in [1.29, 1.82) is 0 Å². The Balaban J connectivity index is 1.94. The van der Waals surface area contributed by atoms with E-state index < -0.39 is 0 Å². The first-order valence-corrected chi connectivity index (χ1v) is 7.35. The number of nitrogens with one attached hydrogen (secondary N) is 1. The molecular weight excluding hydrogens is 250 g/mol. The highest BCUT2D eigenvalue weighted by Gasteiger charge is 2.24. The fourth-order valence-electron chi connectivity index (χ4n) is 2.68. The van der Waals surface area contributed by atoms with E-state index in [9.17, 15) is 0 Å². The standard InChI is InChI=1S/C16H27N3O/c1-16(2,17-3)13-18-9-11-19(12-10-18)14-7-5-6-8-15(14)20-4/h5-8,17H,9-13H2,1-4H3. The molecule has 20 heavy (non-hydrogen) atoms. The number of para-hydroxylation sites is 2. The van der Waals surface area contributed by atoms with Gasteiger partial charge in [-0.05, 0) is 33.0 Å². The summed E-state index contributed by atoms with van der Waals surface area (Å²) in [7, 11) is 3.77. The molecular formula is C16H27N3O. The molecule has 1 aliphatic rings. The number of benzene rings is 1. The summed E-state index contributed by atoms with van der Waals surface area (Å²) in [5.74, 6) is 0.969. The summed E-state index contributed by atoms with van der Waals surface area (Å²) in [4.78, 5) is 4.95. The van der Waals surface area contributed by atoms with Crippen LogP contribution in [0.3, 0.4) is 0 Å². The molecule has 1 N–H and O–H groups in total. The van der Waals surface area contributed by atoms with Crippen molar-refractivity contribution in [2.75, 3.05) is 51.8 Å². The van der Waals surface area contributed by atoms with E-state index in [-0.39, 0.29) is 5.54 Å². The molecule has 0 aromatic heterocycles. The third-order valence-electron chi connectivity index (χ3n) is 4.09. The minimum atomic E-state index is 0.173. The first kappa shape index (κ1) is 15.1. The summed E-state index contributed by atoms with van der Waals surface area (Å²) in [6.45, 7) is 9.90. The highest BCUT2D eigenvalue weighted by molar-refractivity contribution is 5.58. The lowest BCUT2D eigenvalue weighted by Gasteiger charge is -2.40. The van der Waals surface area contributed by atoms with E-state index in [1.165, 1.54) is 5.69 Å². The normalized spacial score (nSPS) is 17.3. The van der Waals surface area contributed by atoms with Crippen LogP contribution >= 0.6 is 0 Å². The van der Waals surface area contributed by atoms with Crippen molar-refractivity contribution >= 4 is 5.69 Å². The van der Waals surface area contributed by atoms with Crippen LogP contribution in [0.5, 0.6) is 5.75 Å². The molecule has 4 heteroatoms. The largest absolute Gasteiger partial charge is 0.495 e. The number of hydrogen-bond acceptors (Lipinski definition) is 4. The number of hydrogen-bond donors (Lipinski definition) is 1. The molecule has 0 amide bonds. The van der Waals surface area contributed by atoms with E-state index in [1.54, 1.807) is 7.11 Å². The quantitative estimate of drug-likeness (QED) is 0.888. The molecule has 0 saturated carbocycles. The second kappa shape index (κ2) is 6.46. The summed E-state index contributed by atoms with van der Waals surface area (Å²) in [6, 6.07) is 8.28. The lowest BCUT2D eigenvalue weighted by Crippen LogP contribution is -2.54. The second-order valence-corrected chi connectivity index (χ2v) is 6.07. The van der Waals surface area contributed by atoms with Gasteiger partial charge in [0.15, 0.2) is 0 Å². The molecule has 0 spiro atoms. The van der Waals surface area contributed by atoms with Crippen LogP contribution in [0.2, 0.25) is 0 Å². The van der Waals surface area contributed by atoms with Crippen LogP contribution in [0.4, 0.5) is 5.69 Å². The number of piperazine rings is 1. The minimum absolute atomic E-state index is 0.173. The van der Waals surface area contributed by atoms with Crippen LogP contribution in [0.15, 0.2) is 24.3 Å². The third kappa shape index (κ3) is 3.64. The number of methoxy groups -OCH3 is 1. The fourth-order valence-corrected chi connectivity index (χ4v) is 2.68. The van der Waals surface area contributed by atoms with Crippen molar-refractivity contribution in [2.45, 2.75) is 19.4 Å². The van der Waals surface area contributed by atoms with Gasteiger partial charge in [-0.15, -0.1) is 0 Å². The number of anilines is 1. The number of ether oxygens (including phenoxy) is 1. The molecule has 0 aliphatic carbocycles. The van der Waals surface area contributed by atoms with Gasteiger partial charge in [-0.2, -0.15) is 0 Å². The van der Waals surface area contributed by atoms with Gasteiger partial charge >= 0.3 is 0 Å². The molecule has 1 aromatic rings. The summed E-state index contributed by atoms with van der Waals surface area (Å²) in [5, 5.41) is 3.37. The van der Waals surface area contributed by atoms with Crippen molar-refractivity contribution < 1.29 is 4.74 Å². The van der Waals surface area contributed by atoms with Crippen LogP contribution in [-0.4, -0.2) is 57.3 Å². The predicted molar refractivity (Wildman–Crippen MR) is 84.8 cm³/mol. The van der Waals surface area contributed by atoms with Crippen molar-refractivity contribution in [2.24, 2.45) is 0 Å². The van der Waals surface area contributed by atoms with E-state index in [2.05, 4.69) is 41.1 Å². The smallest absolute Gasteiger partial charge is 0.142 e. The van der Waals surface area contributed by atoms with Crippen LogP contribution in [-0.2, 0) is 0 Å². The second-order valence-electron chi connectivity index (χ2n) is 6.07. The highest BCUT2D eigenvalue weighted by Crippen LogP contribution is 2.28. The molecule has 4 nitrogen and oxygen atoms in total. The predicted octanol–water partition coefficient (Wildman–Crippen LogP) is 1.82. The average Bonchev–Trinajstić information content (AvgIpc) is 2.48. The van der Waals surface area contributed by atoms with Crippen molar-refractivity contribution in [1.82, 2.24) is 10.2 Å². The Morgan fingerprint density at radius 3 is 2.40 bits per heavy atom. The number of nitrogens with zero attached hydrogens (tertiary/aromatic N) is 2. The molecule has 1 fully saturated rings. The maximum Gasteiger partial charge on any atom is 0.142 e. The fraction of sp³-hybridized carbons (Fsp3) is 0.625. The van der Waals surface area contributed by atoms with Crippen molar-refractivity contribution in [3.05, 3.63) is 24.3 Å². The van der Waals surface area contributed by atoms with E-state index in [4.69, 9.17) is 4.74 Å². The first-order valence-electron chi connectivity index (χ1n) is 7.35. The van der Waals surface area contributed by atoms with Gasteiger partial charge in [0.05, 0.1) is 12.8 Å². The Morgan fingerprint density at radius 1 is 1.15 bits per heavy atom. The average molecular weight is 277 g/mol. The van der Waals surface area contributed by atoms with Gasteiger partial charge in [0.1, 0.15) is 5.75 Å². The molecule has 112 valence electrons. The van der Waals surface area contributed by atoms with Gasteiger partial charge in [-0.25, -0.2) is 0 Å². The van der Waals surface area contributed by atoms with Crippen molar-refractivity contribution in [3.63, 3.8) is 0 Å². The summed E-state index contributed by atoms with van der Waals surface area (Å²) >= 11 is 0. The van der Waals surface area contributed by atoms with E-state index in [0.29, 0.717) is 0 Å². The Bertz CT molecular complexity index is 425. The SMILES string of the molecule is CNC(C)(C)CN1CCN(c2ccccc2OC)CC1. The van der Waals surface area contributed by atoms with Crippen LogP contribution in [0.25, 0.3) is 0 Å². The lowest BCUT2D eigenvalue weighted by atomic mass is 10.0. The topological polar surface area (TPSA) is 27.7 Å². The Kier molecular flexibility index (Phi) is 4.89. The zero-order valence-corrected chi connectivity index (χ0v) is 13.1. The maximum absolute atomic E-state index is 5.46.